The minimum atomic E-state index is -1.02. The second-order valence-corrected chi connectivity index (χ2v) is 8.58. The monoisotopic (exact) mass is 409 g/mol. The number of carbonyl (C=O) groups is 3. The van der Waals surface area contributed by atoms with Gasteiger partial charge in [0.2, 0.25) is 5.91 Å². The van der Waals surface area contributed by atoms with Crippen molar-refractivity contribution in [3.8, 4) is 0 Å². The van der Waals surface area contributed by atoms with Gasteiger partial charge >= 0.3 is 11.9 Å². The summed E-state index contributed by atoms with van der Waals surface area (Å²) in [6, 6.07) is 6.07. The van der Waals surface area contributed by atoms with Crippen LogP contribution in [0.5, 0.6) is 0 Å². The maximum atomic E-state index is 13.2. The fourth-order valence-corrected chi connectivity index (χ4v) is 3.74. The molecule has 1 aliphatic rings. The molecular formula is C21H28ClNO5. The maximum absolute atomic E-state index is 13.2. The first-order chi connectivity index (χ1) is 13.0. The molecule has 0 spiro atoms. The predicted molar refractivity (Wildman–Crippen MR) is 106 cm³/mol. The van der Waals surface area contributed by atoms with Crippen LogP contribution in [0.2, 0.25) is 5.02 Å². The molecule has 3 unspecified atom stereocenters. The van der Waals surface area contributed by atoms with E-state index in [0.717, 1.165) is 5.56 Å². The van der Waals surface area contributed by atoms with Crippen molar-refractivity contribution in [1.29, 1.82) is 0 Å². The summed E-state index contributed by atoms with van der Waals surface area (Å²) in [5, 5.41) is 9.75. The van der Waals surface area contributed by atoms with E-state index in [1.807, 2.05) is 19.1 Å². The van der Waals surface area contributed by atoms with Gasteiger partial charge in [0.05, 0.1) is 12.5 Å². The predicted octanol–water partition coefficient (Wildman–Crippen LogP) is 4.21. The van der Waals surface area contributed by atoms with Gasteiger partial charge < -0.3 is 14.7 Å². The van der Waals surface area contributed by atoms with Crippen LogP contribution < -0.4 is 0 Å². The molecule has 1 heterocycles. The minimum Gasteiger partial charge on any atom is -0.481 e. The average Bonchev–Trinajstić information content (AvgIpc) is 2.57. The van der Waals surface area contributed by atoms with Crippen LogP contribution in [0.1, 0.15) is 65.0 Å². The molecule has 3 atom stereocenters. The van der Waals surface area contributed by atoms with E-state index in [0.29, 0.717) is 24.3 Å². The lowest BCUT2D eigenvalue weighted by Gasteiger charge is -2.43. The number of carbonyl (C=O) groups excluding carboxylic acids is 2. The Morgan fingerprint density at radius 2 is 1.86 bits per heavy atom. The molecule has 28 heavy (non-hydrogen) atoms. The average molecular weight is 410 g/mol. The number of hydrogen-bond acceptors (Lipinski definition) is 4. The quantitative estimate of drug-likeness (QED) is 0.711. The lowest BCUT2D eigenvalue weighted by Crippen LogP contribution is -2.53. The number of aliphatic carboxylic acids is 1. The molecule has 1 amide bonds. The lowest BCUT2D eigenvalue weighted by atomic mass is 9.85. The number of likely N-dealkylation sites (tertiary alicyclic amines) is 1. The molecule has 0 aromatic heterocycles. The van der Waals surface area contributed by atoms with Gasteiger partial charge in [-0.3, -0.25) is 9.59 Å². The Morgan fingerprint density at radius 1 is 1.25 bits per heavy atom. The van der Waals surface area contributed by atoms with Crippen molar-refractivity contribution < 1.29 is 24.2 Å². The maximum Gasteiger partial charge on any atom is 0.329 e. The highest BCUT2D eigenvalue weighted by Gasteiger charge is 2.43. The van der Waals surface area contributed by atoms with E-state index in [1.54, 1.807) is 32.9 Å². The first-order valence-corrected chi connectivity index (χ1v) is 9.93. The summed E-state index contributed by atoms with van der Waals surface area (Å²) >= 11 is 5.99. The van der Waals surface area contributed by atoms with Crippen molar-refractivity contribution in [2.24, 2.45) is 5.92 Å². The summed E-state index contributed by atoms with van der Waals surface area (Å²) in [5.74, 6) is -2.45. The molecule has 1 aromatic rings. The van der Waals surface area contributed by atoms with Gasteiger partial charge in [0.1, 0.15) is 11.6 Å². The van der Waals surface area contributed by atoms with Crippen LogP contribution >= 0.6 is 11.6 Å². The van der Waals surface area contributed by atoms with Crippen LogP contribution in [-0.4, -0.2) is 39.5 Å². The molecule has 0 saturated carbocycles. The van der Waals surface area contributed by atoms with Crippen molar-refractivity contribution in [1.82, 2.24) is 4.90 Å². The Balaban J connectivity index is 2.40. The largest absolute Gasteiger partial charge is 0.481 e. The third kappa shape index (κ3) is 5.47. The van der Waals surface area contributed by atoms with Crippen LogP contribution in [0, 0.1) is 5.92 Å². The number of hydrogen-bond donors (Lipinski definition) is 1. The highest BCUT2D eigenvalue weighted by atomic mass is 35.5. The van der Waals surface area contributed by atoms with Gasteiger partial charge in [0, 0.05) is 10.9 Å². The van der Waals surface area contributed by atoms with E-state index in [-0.39, 0.29) is 18.4 Å². The highest BCUT2D eigenvalue weighted by Crippen LogP contribution is 2.38. The third-order valence-electron chi connectivity index (χ3n) is 4.81. The zero-order valence-electron chi connectivity index (χ0n) is 16.8. The number of halogens is 1. The molecule has 1 fully saturated rings. The summed E-state index contributed by atoms with van der Waals surface area (Å²) < 4.78 is 5.54. The Bertz CT molecular complexity index is 725. The van der Waals surface area contributed by atoms with E-state index >= 15 is 0 Å². The third-order valence-corrected chi connectivity index (χ3v) is 5.06. The van der Waals surface area contributed by atoms with Gasteiger partial charge in [-0.05, 0) is 57.7 Å². The lowest BCUT2D eigenvalue weighted by molar-refractivity contribution is -0.170. The number of carboxylic acids is 1. The summed E-state index contributed by atoms with van der Waals surface area (Å²) in [6.45, 7) is 7.15. The molecule has 1 aromatic carbocycles. The Labute approximate surface area is 170 Å². The number of esters is 1. The molecule has 154 valence electrons. The van der Waals surface area contributed by atoms with E-state index in [2.05, 4.69) is 0 Å². The van der Waals surface area contributed by atoms with E-state index < -0.39 is 29.5 Å². The molecule has 0 bridgehead atoms. The van der Waals surface area contributed by atoms with Gasteiger partial charge in [-0.15, -0.1) is 0 Å². The summed E-state index contributed by atoms with van der Waals surface area (Å²) in [7, 11) is 0. The number of rotatable bonds is 6. The second-order valence-electron chi connectivity index (χ2n) is 8.14. The molecule has 2 rings (SSSR count). The fourth-order valence-electron chi connectivity index (χ4n) is 3.62. The number of carboxylic acid groups (broad SMARTS) is 1. The number of benzene rings is 1. The second kappa shape index (κ2) is 8.95. The van der Waals surface area contributed by atoms with Gasteiger partial charge in [-0.25, -0.2) is 4.79 Å². The first kappa shape index (κ1) is 22.2. The standard InChI is InChI=1S/C21H28ClNO5/c1-5-16(20(27)28-21(2,3)4)23-17(13-6-9-15(22)10-7-13)11-8-14(19(23)26)12-18(24)25/h6-7,9-10,14,16-17H,5,8,11-12H2,1-4H3,(H,24,25). The molecule has 1 N–H and O–H groups in total. The zero-order chi connectivity index (χ0) is 21.1. The van der Waals surface area contributed by atoms with Crippen LogP contribution in [0.15, 0.2) is 24.3 Å². The molecule has 0 radical (unpaired) electrons. The molecule has 7 heteroatoms. The number of piperidine rings is 1. The van der Waals surface area contributed by atoms with E-state index in [1.165, 1.54) is 4.90 Å². The van der Waals surface area contributed by atoms with Gasteiger partial charge in [-0.2, -0.15) is 0 Å². The van der Waals surface area contributed by atoms with Gasteiger partial charge in [0.15, 0.2) is 0 Å². The van der Waals surface area contributed by atoms with Crippen LogP contribution in [0.3, 0.4) is 0 Å². The Kier molecular flexibility index (Phi) is 7.10. The topological polar surface area (TPSA) is 83.9 Å². The molecule has 1 aliphatic heterocycles. The molecule has 1 saturated heterocycles. The molecule has 6 nitrogen and oxygen atoms in total. The van der Waals surface area contributed by atoms with Crippen molar-refractivity contribution in [3.63, 3.8) is 0 Å². The van der Waals surface area contributed by atoms with Crippen molar-refractivity contribution in [3.05, 3.63) is 34.9 Å². The Hall–Kier alpha value is -2.08. The highest BCUT2D eigenvalue weighted by molar-refractivity contribution is 6.30. The van der Waals surface area contributed by atoms with E-state index in [4.69, 9.17) is 21.4 Å². The number of ether oxygens (including phenoxy) is 1. The van der Waals surface area contributed by atoms with Crippen LogP contribution in [-0.2, 0) is 19.1 Å². The van der Waals surface area contributed by atoms with E-state index in [9.17, 15) is 14.4 Å². The zero-order valence-corrected chi connectivity index (χ0v) is 17.5. The van der Waals surface area contributed by atoms with Crippen LogP contribution in [0.25, 0.3) is 0 Å². The minimum absolute atomic E-state index is 0.243. The first-order valence-electron chi connectivity index (χ1n) is 9.55. The fraction of sp³-hybridized carbons (Fsp3) is 0.571. The SMILES string of the molecule is CCC(C(=O)OC(C)(C)C)N1C(=O)C(CC(=O)O)CCC1c1ccc(Cl)cc1. The van der Waals surface area contributed by atoms with Gasteiger partial charge in [0.25, 0.3) is 0 Å². The van der Waals surface area contributed by atoms with Crippen LogP contribution in [0.4, 0.5) is 0 Å². The van der Waals surface area contributed by atoms with Crippen molar-refractivity contribution >= 4 is 29.4 Å². The summed E-state index contributed by atoms with van der Waals surface area (Å²) in [6.07, 6.45) is 1.17. The summed E-state index contributed by atoms with van der Waals surface area (Å²) in [5.41, 5.74) is 0.188. The smallest absolute Gasteiger partial charge is 0.329 e. The summed E-state index contributed by atoms with van der Waals surface area (Å²) in [4.78, 5) is 38.8. The normalized spacial score (nSPS) is 21.3. The van der Waals surface area contributed by atoms with Crippen molar-refractivity contribution in [2.75, 3.05) is 0 Å². The van der Waals surface area contributed by atoms with Crippen molar-refractivity contribution in [2.45, 2.75) is 71.1 Å². The number of nitrogens with zero attached hydrogens (tertiary/aromatic N) is 1. The molecular weight excluding hydrogens is 382 g/mol. The van der Waals surface area contributed by atoms with Gasteiger partial charge in [-0.1, -0.05) is 30.7 Å². The molecule has 0 aliphatic carbocycles. The Morgan fingerprint density at radius 3 is 2.36 bits per heavy atom. The number of amides is 1.